The van der Waals surface area contributed by atoms with Crippen LogP contribution in [0.4, 0.5) is 5.69 Å². The zero-order valence-corrected chi connectivity index (χ0v) is 11.9. The maximum Gasteiger partial charge on any atom is 0.276 e. The topological polar surface area (TPSA) is 75.0 Å². The molecule has 5 nitrogen and oxygen atoms in total. The molecule has 1 aromatic heterocycles. The van der Waals surface area contributed by atoms with Crippen molar-refractivity contribution < 1.29 is 4.79 Å². The second-order valence-electron chi connectivity index (χ2n) is 5.49. The number of nitrogens with two attached hydrogens (primary N) is 1. The molecule has 3 N–H and O–H groups in total. The highest BCUT2D eigenvalue weighted by Crippen LogP contribution is 2.23. The van der Waals surface area contributed by atoms with Gasteiger partial charge in [0.2, 0.25) is 0 Å². The van der Waals surface area contributed by atoms with Crippen molar-refractivity contribution in [2.24, 2.45) is 5.92 Å². The smallest absolute Gasteiger partial charge is 0.276 e. The molecule has 2 rings (SSSR count). The second kappa shape index (κ2) is 6.08. The molecule has 0 aromatic carbocycles. The number of aromatic amines is 1. The highest BCUT2D eigenvalue weighted by atomic mass is 16.2. The summed E-state index contributed by atoms with van der Waals surface area (Å²) in [6.45, 7) is 5.71. The Labute approximate surface area is 114 Å². The first-order valence-corrected chi connectivity index (χ1v) is 7.23. The van der Waals surface area contributed by atoms with E-state index in [9.17, 15) is 4.79 Å². The van der Waals surface area contributed by atoms with E-state index in [2.05, 4.69) is 17.1 Å². The van der Waals surface area contributed by atoms with E-state index in [0.29, 0.717) is 11.4 Å². The van der Waals surface area contributed by atoms with E-state index in [4.69, 9.17) is 5.73 Å². The fourth-order valence-electron chi connectivity index (χ4n) is 2.82. The highest BCUT2D eigenvalue weighted by molar-refractivity contribution is 5.97. The normalized spacial score (nSPS) is 20.3. The summed E-state index contributed by atoms with van der Waals surface area (Å²) in [6, 6.07) is 0. The number of rotatable bonds is 3. The lowest BCUT2D eigenvalue weighted by atomic mass is 9.96. The van der Waals surface area contributed by atoms with Crippen molar-refractivity contribution in [3.8, 4) is 0 Å². The van der Waals surface area contributed by atoms with Crippen LogP contribution in [-0.4, -0.2) is 34.1 Å². The molecule has 1 aliphatic rings. The lowest BCUT2D eigenvalue weighted by Gasteiger charge is -2.19. The molecule has 1 fully saturated rings. The number of nitrogens with zero attached hydrogens (tertiary/aromatic N) is 2. The molecule has 2 heterocycles. The molecule has 1 saturated heterocycles. The quantitative estimate of drug-likeness (QED) is 0.880. The van der Waals surface area contributed by atoms with Gasteiger partial charge >= 0.3 is 0 Å². The first-order valence-electron chi connectivity index (χ1n) is 7.23. The molecule has 0 saturated carbocycles. The minimum Gasteiger partial charge on any atom is -0.395 e. The number of aromatic nitrogens is 2. The molecular weight excluding hydrogens is 240 g/mol. The van der Waals surface area contributed by atoms with Crippen LogP contribution in [0.25, 0.3) is 0 Å². The van der Waals surface area contributed by atoms with Crippen LogP contribution < -0.4 is 5.73 Å². The predicted octanol–water partition coefficient (Wildman–Crippen LogP) is 2.34. The Morgan fingerprint density at radius 2 is 2.26 bits per heavy atom. The molecular formula is C14H24N4O. The summed E-state index contributed by atoms with van der Waals surface area (Å²) in [4.78, 5) is 14.3. The Hall–Kier alpha value is -1.52. The van der Waals surface area contributed by atoms with Crippen molar-refractivity contribution in [3.63, 3.8) is 0 Å². The summed E-state index contributed by atoms with van der Waals surface area (Å²) in [5.74, 6) is 0.736. The van der Waals surface area contributed by atoms with Crippen LogP contribution in [0.2, 0.25) is 0 Å². The summed E-state index contributed by atoms with van der Waals surface area (Å²) in [5, 5.41) is 6.81. The third kappa shape index (κ3) is 3.08. The van der Waals surface area contributed by atoms with Crippen LogP contribution in [0.5, 0.6) is 0 Å². The number of hydrogen-bond donors (Lipinski definition) is 2. The molecule has 0 aliphatic carbocycles. The molecule has 1 unspecified atom stereocenters. The van der Waals surface area contributed by atoms with Gasteiger partial charge in [0, 0.05) is 13.1 Å². The highest BCUT2D eigenvalue weighted by Gasteiger charge is 2.24. The van der Waals surface area contributed by atoms with Crippen molar-refractivity contribution in [2.45, 2.75) is 46.0 Å². The molecule has 106 valence electrons. The van der Waals surface area contributed by atoms with Crippen LogP contribution in [0, 0.1) is 12.8 Å². The summed E-state index contributed by atoms with van der Waals surface area (Å²) in [7, 11) is 0. The molecule has 5 heteroatoms. The van der Waals surface area contributed by atoms with Crippen molar-refractivity contribution in [1.82, 2.24) is 15.1 Å². The van der Waals surface area contributed by atoms with E-state index in [1.165, 1.54) is 19.3 Å². The standard InChI is InChI=1S/C14H24N4O/c1-3-5-11-6-4-8-18(9-7-11)14(19)13-12(15)10(2)16-17-13/h11H,3-9,15H2,1-2H3,(H,16,17). The fraction of sp³-hybridized carbons (Fsp3) is 0.714. The van der Waals surface area contributed by atoms with Gasteiger partial charge in [0.15, 0.2) is 5.69 Å². The van der Waals surface area contributed by atoms with E-state index in [1.807, 2.05) is 11.8 Å². The monoisotopic (exact) mass is 264 g/mol. The van der Waals surface area contributed by atoms with Crippen molar-refractivity contribution in [1.29, 1.82) is 0 Å². The number of aryl methyl sites for hydroxylation is 1. The third-order valence-corrected chi connectivity index (χ3v) is 4.03. The SMILES string of the molecule is CCCC1CCCN(C(=O)c2n[nH]c(C)c2N)CC1. The largest absolute Gasteiger partial charge is 0.395 e. The molecule has 19 heavy (non-hydrogen) atoms. The Kier molecular flexibility index (Phi) is 4.45. The first-order chi connectivity index (χ1) is 9.13. The van der Waals surface area contributed by atoms with E-state index in [0.717, 1.165) is 37.5 Å². The fourth-order valence-corrected chi connectivity index (χ4v) is 2.82. The Morgan fingerprint density at radius 1 is 1.47 bits per heavy atom. The third-order valence-electron chi connectivity index (χ3n) is 4.03. The van der Waals surface area contributed by atoms with Gasteiger partial charge in [0.05, 0.1) is 11.4 Å². The molecule has 0 radical (unpaired) electrons. The Balaban J connectivity index is 2.02. The van der Waals surface area contributed by atoms with Gasteiger partial charge in [0.1, 0.15) is 0 Å². The van der Waals surface area contributed by atoms with Crippen LogP contribution in [0.3, 0.4) is 0 Å². The van der Waals surface area contributed by atoms with Gasteiger partial charge in [-0.2, -0.15) is 5.10 Å². The van der Waals surface area contributed by atoms with Gasteiger partial charge in [-0.3, -0.25) is 9.89 Å². The number of H-pyrrole nitrogens is 1. The van der Waals surface area contributed by atoms with Gasteiger partial charge in [-0.1, -0.05) is 19.8 Å². The maximum atomic E-state index is 12.4. The predicted molar refractivity (Wildman–Crippen MR) is 75.9 cm³/mol. The molecule has 1 amide bonds. The summed E-state index contributed by atoms with van der Waals surface area (Å²) >= 11 is 0. The number of amides is 1. The molecule has 1 aromatic rings. The van der Waals surface area contributed by atoms with Gasteiger partial charge in [0.25, 0.3) is 5.91 Å². The number of nitrogens with one attached hydrogen (secondary N) is 1. The number of carbonyl (C=O) groups is 1. The van der Waals surface area contributed by atoms with E-state index in [1.54, 1.807) is 0 Å². The van der Waals surface area contributed by atoms with Crippen LogP contribution in [0.15, 0.2) is 0 Å². The maximum absolute atomic E-state index is 12.4. The zero-order valence-electron chi connectivity index (χ0n) is 11.9. The average Bonchev–Trinajstić information content (AvgIpc) is 2.62. The van der Waals surface area contributed by atoms with Gasteiger partial charge in [-0.05, 0) is 32.1 Å². The second-order valence-corrected chi connectivity index (χ2v) is 5.49. The Morgan fingerprint density at radius 3 is 2.89 bits per heavy atom. The lowest BCUT2D eigenvalue weighted by Crippen LogP contribution is -2.32. The first kappa shape index (κ1) is 13.9. The van der Waals surface area contributed by atoms with E-state index in [-0.39, 0.29) is 5.91 Å². The van der Waals surface area contributed by atoms with Crippen LogP contribution in [-0.2, 0) is 0 Å². The number of hydrogen-bond acceptors (Lipinski definition) is 3. The van der Waals surface area contributed by atoms with Gasteiger partial charge in [-0.25, -0.2) is 0 Å². The van der Waals surface area contributed by atoms with Crippen LogP contribution in [0.1, 0.15) is 55.2 Å². The number of carbonyl (C=O) groups excluding carboxylic acids is 1. The molecule has 1 aliphatic heterocycles. The summed E-state index contributed by atoms with van der Waals surface area (Å²) < 4.78 is 0. The van der Waals surface area contributed by atoms with Crippen molar-refractivity contribution in [2.75, 3.05) is 18.8 Å². The molecule has 0 spiro atoms. The van der Waals surface area contributed by atoms with Crippen molar-refractivity contribution >= 4 is 11.6 Å². The van der Waals surface area contributed by atoms with Gasteiger partial charge < -0.3 is 10.6 Å². The van der Waals surface area contributed by atoms with E-state index < -0.39 is 0 Å². The molecule has 0 bridgehead atoms. The minimum absolute atomic E-state index is 0.0287. The van der Waals surface area contributed by atoms with Crippen molar-refractivity contribution in [3.05, 3.63) is 11.4 Å². The number of anilines is 1. The summed E-state index contributed by atoms with van der Waals surface area (Å²) in [6.07, 6.45) is 5.91. The summed E-state index contributed by atoms with van der Waals surface area (Å²) in [5.41, 5.74) is 7.52. The number of likely N-dealkylation sites (tertiary alicyclic amines) is 1. The van der Waals surface area contributed by atoms with Gasteiger partial charge in [-0.15, -0.1) is 0 Å². The Bertz CT molecular complexity index is 441. The lowest BCUT2D eigenvalue weighted by molar-refractivity contribution is 0.0755. The van der Waals surface area contributed by atoms with E-state index >= 15 is 0 Å². The van der Waals surface area contributed by atoms with Crippen LogP contribution >= 0.6 is 0 Å². The average molecular weight is 264 g/mol. The number of nitrogen functional groups attached to an aromatic ring is 1. The zero-order chi connectivity index (χ0) is 13.8. The molecule has 1 atom stereocenters. The minimum atomic E-state index is -0.0287.